The van der Waals surface area contributed by atoms with Crippen molar-refractivity contribution in [3.05, 3.63) is 29.3 Å². The number of esters is 1. The lowest BCUT2D eigenvalue weighted by Gasteiger charge is -2.28. The number of carbonyl (C=O) groups excluding carboxylic acids is 2. The molecule has 2 aliphatic rings. The molecule has 0 radical (unpaired) electrons. The van der Waals surface area contributed by atoms with Gasteiger partial charge in [0, 0.05) is 16.6 Å². The SMILES string of the molecule is CC(NC(=O)COC(=O)CSc1nnc(-c2ccc(Cl)cc2)o1)C1CC2CCC1C2. The molecule has 4 unspecified atom stereocenters. The maximum Gasteiger partial charge on any atom is 0.316 e. The van der Waals surface area contributed by atoms with Crippen LogP contribution in [0.25, 0.3) is 11.5 Å². The van der Waals surface area contributed by atoms with Gasteiger partial charge in [0.15, 0.2) is 6.61 Å². The van der Waals surface area contributed by atoms with Gasteiger partial charge < -0.3 is 14.5 Å². The van der Waals surface area contributed by atoms with Gasteiger partial charge in [-0.1, -0.05) is 29.8 Å². The summed E-state index contributed by atoms with van der Waals surface area (Å²) in [7, 11) is 0. The Labute approximate surface area is 184 Å². The number of thioether (sulfide) groups is 1. The summed E-state index contributed by atoms with van der Waals surface area (Å²) in [4.78, 5) is 24.1. The first-order chi connectivity index (χ1) is 14.5. The van der Waals surface area contributed by atoms with Crippen LogP contribution < -0.4 is 5.32 Å². The quantitative estimate of drug-likeness (QED) is 0.481. The number of nitrogens with one attached hydrogen (secondary N) is 1. The summed E-state index contributed by atoms with van der Waals surface area (Å²) in [6, 6.07) is 7.12. The highest BCUT2D eigenvalue weighted by atomic mass is 35.5. The third-order valence-corrected chi connectivity index (χ3v) is 7.04. The molecule has 7 nitrogen and oxygen atoms in total. The summed E-state index contributed by atoms with van der Waals surface area (Å²) in [5.41, 5.74) is 0.739. The van der Waals surface area contributed by atoms with E-state index in [1.807, 2.05) is 0 Å². The highest BCUT2D eigenvalue weighted by Crippen LogP contribution is 2.49. The Hall–Kier alpha value is -2.06. The van der Waals surface area contributed by atoms with E-state index in [1.165, 1.54) is 25.7 Å². The minimum atomic E-state index is -0.506. The van der Waals surface area contributed by atoms with Crippen LogP contribution in [0.4, 0.5) is 0 Å². The molecule has 4 rings (SSSR count). The Balaban J connectivity index is 1.17. The van der Waals surface area contributed by atoms with Gasteiger partial charge in [0.05, 0.1) is 0 Å². The molecule has 4 atom stereocenters. The molecule has 2 saturated carbocycles. The lowest BCUT2D eigenvalue weighted by atomic mass is 9.84. The van der Waals surface area contributed by atoms with Crippen molar-refractivity contribution in [2.75, 3.05) is 12.4 Å². The van der Waals surface area contributed by atoms with E-state index < -0.39 is 5.97 Å². The number of hydrogen-bond donors (Lipinski definition) is 1. The van der Waals surface area contributed by atoms with E-state index in [0.717, 1.165) is 29.2 Å². The fraction of sp³-hybridized carbons (Fsp3) is 0.524. The molecule has 1 amide bonds. The molecule has 9 heteroatoms. The van der Waals surface area contributed by atoms with Gasteiger partial charge >= 0.3 is 5.97 Å². The van der Waals surface area contributed by atoms with Crippen LogP contribution in [0.3, 0.4) is 0 Å². The average molecular weight is 450 g/mol. The zero-order valence-electron chi connectivity index (χ0n) is 16.7. The minimum absolute atomic E-state index is 0.0164. The summed E-state index contributed by atoms with van der Waals surface area (Å²) >= 11 is 6.93. The Morgan fingerprint density at radius 3 is 2.77 bits per heavy atom. The summed E-state index contributed by atoms with van der Waals surface area (Å²) in [5.74, 6) is 1.68. The highest BCUT2D eigenvalue weighted by Gasteiger charge is 2.42. The number of halogens is 1. The Bertz CT molecular complexity index is 904. The molecule has 0 aliphatic heterocycles. The smallest absolute Gasteiger partial charge is 0.316 e. The average Bonchev–Trinajstić information content (AvgIpc) is 3.48. The standard InChI is InChI=1S/C21H24ClN3O4S/c1-12(17-9-13-2-3-15(17)8-13)23-18(26)10-28-19(27)11-30-21-25-24-20(29-21)14-4-6-16(22)7-5-14/h4-7,12-13,15,17H,2-3,8-11H2,1H3,(H,23,26). The number of nitrogens with zero attached hydrogens (tertiary/aromatic N) is 2. The van der Waals surface area contributed by atoms with Crippen LogP contribution >= 0.6 is 23.4 Å². The number of hydrogen-bond acceptors (Lipinski definition) is 7. The van der Waals surface area contributed by atoms with Crippen LogP contribution in [-0.2, 0) is 14.3 Å². The lowest BCUT2D eigenvalue weighted by molar-refractivity contribution is -0.146. The van der Waals surface area contributed by atoms with Gasteiger partial charge in [-0.2, -0.15) is 0 Å². The van der Waals surface area contributed by atoms with E-state index in [2.05, 4.69) is 22.4 Å². The van der Waals surface area contributed by atoms with Gasteiger partial charge in [0.2, 0.25) is 5.89 Å². The molecule has 2 aliphatic carbocycles. The van der Waals surface area contributed by atoms with E-state index in [4.69, 9.17) is 20.8 Å². The second kappa shape index (κ2) is 9.39. The van der Waals surface area contributed by atoms with Gasteiger partial charge in [-0.05, 0) is 68.2 Å². The van der Waals surface area contributed by atoms with Gasteiger partial charge in [-0.3, -0.25) is 9.59 Å². The summed E-state index contributed by atoms with van der Waals surface area (Å²) in [6.45, 7) is 1.78. The van der Waals surface area contributed by atoms with Crippen molar-refractivity contribution in [1.82, 2.24) is 15.5 Å². The number of rotatable bonds is 8. The van der Waals surface area contributed by atoms with Crippen molar-refractivity contribution in [3.63, 3.8) is 0 Å². The molecular formula is C21H24ClN3O4S. The molecule has 1 heterocycles. The predicted octanol–water partition coefficient (Wildman–Crippen LogP) is 3.97. The molecule has 2 aromatic rings. The van der Waals surface area contributed by atoms with E-state index in [1.54, 1.807) is 24.3 Å². The number of amides is 1. The van der Waals surface area contributed by atoms with Crippen LogP contribution in [0.5, 0.6) is 0 Å². The fourth-order valence-electron chi connectivity index (χ4n) is 4.59. The second-order valence-corrected chi connectivity index (χ2v) is 9.39. The highest BCUT2D eigenvalue weighted by molar-refractivity contribution is 7.99. The second-order valence-electron chi connectivity index (χ2n) is 8.02. The van der Waals surface area contributed by atoms with Gasteiger partial charge in [0.25, 0.3) is 11.1 Å². The first-order valence-corrected chi connectivity index (χ1v) is 11.5. The molecule has 0 saturated heterocycles. The van der Waals surface area contributed by atoms with Crippen molar-refractivity contribution in [2.24, 2.45) is 17.8 Å². The Kier molecular flexibility index (Phi) is 6.63. The van der Waals surface area contributed by atoms with Crippen LogP contribution in [0, 0.1) is 17.8 Å². The first-order valence-electron chi connectivity index (χ1n) is 10.1. The molecular weight excluding hydrogens is 426 g/mol. The third kappa shape index (κ3) is 5.16. The largest absolute Gasteiger partial charge is 0.455 e. The zero-order chi connectivity index (χ0) is 21.1. The maximum atomic E-state index is 12.1. The van der Waals surface area contributed by atoms with Crippen molar-refractivity contribution in [1.29, 1.82) is 0 Å². The van der Waals surface area contributed by atoms with Gasteiger partial charge in [-0.25, -0.2) is 0 Å². The monoisotopic (exact) mass is 449 g/mol. The number of ether oxygens (including phenoxy) is 1. The number of fused-ring (bicyclic) bond motifs is 2. The van der Waals surface area contributed by atoms with Gasteiger partial charge in [-0.15, -0.1) is 10.2 Å². The Morgan fingerprint density at radius 1 is 1.27 bits per heavy atom. The Morgan fingerprint density at radius 2 is 2.07 bits per heavy atom. The number of benzene rings is 1. The van der Waals surface area contributed by atoms with E-state index in [9.17, 15) is 9.59 Å². The van der Waals surface area contributed by atoms with Crippen molar-refractivity contribution < 1.29 is 18.7 Å². The van der Waals surface area contributed by atoms with Gasteiger partial charge in [0.1, 0.15) is 5.75 Å². The molecule has 160 valence electrons. The molecule has 1 N–H and O–H groups in total. The lowest BCUT2D eigenvalue weighted by Crippen LogP contribution is -2.42. The molecule has 0 spiro atoms. The molecule has 2 bridgehead atoms. The fourth-order valence-corrected chi connectivity index (χ4v) is 5.28. The van der Waals surface area contributed by atoms with Crippen molar-refractivity contribution in [3.8, 4) is 11.5 Å². The summed E-state index contributed by atoms with van der Waals surface area (Å²) in [5, 5.41) is 11.7. The van der Waals surface area contributed by atoms with E-state index in [0.29, 0.717) is 16.8 Å². The topological polar surface area (TPSA) is 94.3 Å². The number of aromatic nitrogens is 2. The molecule has 1 aromatic heterocycles. The molecule has 2 fully saturated rings. The maximum absolute atomic E-state index is 12.1. The summed E-state index contributed by atoms with van der Waals surface area (Å²) in [6.07, 6.45) is 5.10. The number of carbonyl (C=O) groups is 2. The van der Waals surface area contributed by atoms with Crippen LogP contribution in [0.15, 0.2) is 33.9 Å². The summed E-state index contributed by atoms with van der Waals surface area (Å²) < 4.78 is 10.6. The van der Waals surface area contributed by atoms with E-state index in [-0.39, 0.29) is 29.5 Å². The van der Waals surface area contributed by atoms with Crippen molar-refractivity contribution >= 4 is 35.2 Å². The van der Waals surface area contributed by atoms with E-state index >= 15 is 0 Å². The van der Waals surface area contributed by atoms with Crippen LogP contribution in [0.2, 0.25) is 5.02 Å². The zero-order valence-corrected chi connectivity index (χ0v) is 18.2. The van der Waals surface area contributed by atoms with Crippen LogP contribution in [0.1, 0.15) is 32.6 Å². The molecule has 1 aromatic carbocycles. The van der Waals surface area contributed by atoms with Crippen molar-refractivity contribution in [2.45, 2.75) is 43.9 Å². The third-order valence-electron chi connectivity index (χ3n) is 6.00. The first kappa shape index (κ1) is 21.2. The van der Waals surface area contributed by atoms with Crippen LogP contribution in [-0.4, -0.2) is 40.5 Å². The minimum Gasteiger partial charge on any atom is -0.455 e. The predicted molar refractivity (Wildman–Crippen MR) is 113 cm³/mol. The normalized spacial score (nSPS) is 23.3. The molecule has 30 heavy (non-hydrogen) atoms.